The van der Waals surface area contributed by atoms with Crippen LogP contribution in [0, 0.1) is 16.2 Å². The third-order valence-corrected chi connectivity index (χ3v) is 33.7. The van der Waals surface area contributed by atoms with Crippen molar-refractivity contribution in [3.63, 3.8) is 0 Å². The first-order chi connectivity index (χ1) is 46.5. The third-order valence-electron chi connectivity index (χ3n) is 32.2. The van der Waals surface area contributed by atoms with Crippen LogP contribution in [0.4, 0.5) is 0 Å². The van der Waals surface area contributed by atoms with Crippen molar-refractivity contribution in [2.45, 2.75) is 32.5 Å². The van der Waals surface area contributed by atoms with Gasteiger partial charge in [0, 0.05) is 0 Å². The number of hydrogen-bond donors (Lipinski definition) is 0. The van der Waals surface area contributed by atoms with Crippen molar-refractivity contribution < 1.29 is 75.3 Å². The highest BCUT2D eigenvalue weighted by atomic mass is 31.2. The van der Waals surface area contributed by atoms with Gasteiger partial charge in [-0.05, 0) is 293 Å². The summed E-state index contributed by atoms with van der Waals surface area (Å²) in [7, 11) is -0.768. The second kappa shape index (κ2) is 9.62. The van der Waals surface area contributed by atoms with Crippen molar-refractivity contribution in [1.82, 2.24) is 0 Å². The van der Waals surface area contributed by atoms with Gasteiger partial charge >= 0.3 is 43.6 Å². The topological polar surface area (TPSA) is 203 Å². The van der Waals surface area contributed by atoms with Crippen molar-refractivity contribution in [2.75, 3.05) is 61.0 Å². The molecule has 0 amide bonds. The molecule has 0 radical (unpaired) electrons. The Morgan fingerprint density at radius 2 is 0.547 bits per heavy atom. The van der Waals surface area contributed by atoms with E-state index in [1.807, 2.05) is 0 Å². The highest BCUT2D eigenvalue weighted by Crippen LogP contribution is 3.10. The van der Waals surface area contributed by atoms with Crippen molar-refractivity contribution in [2.24, 2.45) is 16.2 Å². The Morgan fingerprint density at radius 1 is 0.295 bits per heavy atom. The van der Waals surface area contributed by atoms with E-state index in [9.17, 15) is 0 Å². The summed E-state index contributed by atoms with van der Waals surface area (Å²) < 4.78 is 73.6. The fraction of sp³-hybridized carbons (Fsp3) is 0.231. The van der Waals surface area contributed by atoms with E-state index in [2.05, 4.69) is 0 Å². The molecule has 10 unspecified atom stereocenters. The van der Waals surface area contributed by atoms with Gasteiger partial charge in [0.1, 0.15) is 19.8 Å². The molecule has 10 atom stereocenters. The van der Waals surface area contributed by atoms with Gasteiger partial charge in [0.2, 0.25) is 0 Å². The average Bonchev–Trinajstić information content (AvgIpc) is 1.32. The monoisotopic (exact) mass is 1240 g/mol. The van der Waals surface area contributed by atoms with E-state index in [4.69, 9.17) is 42.0 Å². The number of benzene rings is 14. The van der Waals surface area contributed by atoms with Gasteiger partial charge in [-0.3, -0.25) is 42.3 Å². The van der Waals surface area contributed by atoms with Crippen LogP contribution in [0.25, 0.3) is 227 Å². The average molecular weight is 1240 g/mol. The minimum Gasteiger partial charge on any atom is -0.468 e. The number of rotatable bonds is 3. The molecule has 37 rings (SSSR count). The predicted molar refractivity (Wildman–Crippen MR) is 342 cm³/mol. The van der Waals surface area contributed by atoms with E-state index in [1.54, 1.807) is 0 Å². The SMILES string of the molecule is COC(=O)C12C(=O)OCCOP3(=O)OCCOC(=O)C4(C(=O)OC)C56C7=C8C9=C%10c%11c%12c%13c%14c%15c%16c%17c(c8c8c%18c%19c(c%20c%21c5c5c%22c%23c(c%11c%11c%13c%13c%24c%14c%14c%16c(c%17%18)c%16c%19c%17c%20c%18c%21c%22c%19c%23c%11c%13c%11c%19c%18c%13c%17c%16c%14c%24c%11%13)C%101C752)C846)C91C(C(=O)OC)(C(=O)OCCO3)C%12%151. The third kappa shape index (κ3) is 2.23. The molecule has 95 heavy (non-hydrogen) atoms. The van der Waals surface area contributed by atoms with Crippen LogP contribution in [0.15, 0.2) is 11.1 Å². The van der Waals surface area contributed by atoms with Gasteiger partial charge in [-0.25, -0.2) is 4.57 Å². The van der Waals surface area contributed by atoms with Crippen LogP contribution in [0.2, 0.25) is 0 Å². The summed E-state index contributed by atoms with van der Waals surface area (Å²) in [5.41, 5.74) is -7.38. The van der Waals surface area contributed by atoms with E-state index < -0.39 is 132 Å². The minimum atomic E-state index is -4.79. The Hall–Kier alpha value is -10.1. The number of fused-ring (bicyclic) bond motifs is 5. The standard InChI is InChI=1S/C78H21O16P/c1-86-64(79)76-67(82)89-4-7-92-95(85)93-8-5-90-68(83)77(65(80)87-2)71-54-41-30-22-14-15-11-10-12-17-16(11)25-31(23(15)30)43(54)47-35(25)36-26(17)32-27-19(12)21-20-13(10)18(14)24-29(20)39-42-34(21)37(27)49-50-56(42)70(76)53(39)40-33(24)28(22)38-45(41)57(71)51-52-62(72(70,76)58(51)46(38)40)61(50)73-55(49)44(32)48(36)60-59(47)74(71,77)63(52)75(60,73)78(73,66(81)88-3)69(84)91-6-9-94-95/h4-9H2,1-3H3. The number of hydrogen-bond acceptors (Lipinski definition) is 16. The van der Waals surface area contributed by atoms with Crippen molar-refractivity contribution in [1.29, 1.82) is 0 Å². The zero-order chi connectivity index (χ0) is 60.2. The first-order valence-corrected chi connectivity index (χ1v) is 34.6. The summed E-state index contributed by atoms with van der Waals surface area (Å²) in [5, 5.41) is 44.6. The van der Waals surface area contributed by atoms with Crippen LogP contribution in [-0.4, -0.2) is 96.8 Å². The zero-order valence-electron chi connectivity index (χ0n) is 48.7. The molecule has 21 aromatic rings. The van der Waals surface area contributed by atoms with Crippen LogP contribution in [0.5, 0.6) is 0 Å². The summed E-state index contributed by atoms with van der Waals surface area (Å²) in [5.74, 6) is -5.20. The Balaban J connectivity index is 0.994. The van der Waals surface area contributed by atoms with Gasteiger partial charge in [-0.1, -0.05) is 0 Å². The number of cyclic esters (lactones) is 2. The Kier molecular flexibility index (Phi) is 4.21. The number of phosphoric acid groups is 1. The fourth-order valence-electron chi connectivity index (χ4n) is 32.6. The Bertz CT molecular complexity index is 8370. The molecule has 4 fully saturated rings. The molecule has 8 bridgehead atoms. The lowest BCUT2D eigenvalue weighted by atomic mass is 9.59. The second-order valence-corrected chi connectivity index (χ2v) is 33.5. The number of carbonyl (C=O) groups excluding carboxylic acids is 6. The fourth-order valence-corrected chi connectivity index (χ4v) is 33.7. The molecular formula is C78H21O16P. The van der Waals surface area contributed by atoms with Gasteiger partial charge in [-0.2, -0.15) is 0 Å². The van der Waals surface area contributed by atoms with Gasteiger partial charge in [0.15, 0.2) is 16.2 Å². The normalized spacial score (nSPS) is 36.2. The van der Waals surface area contributed by atoms with Crippen LogP contribution >= 0.6 is 7.82 Å². The second-order valence-electron chi connectivity index (χ2n) is 31.8. The van der Waals surface area contributed by atoms with Crippen LogP contribution in [-0.2, 0) is 108 Å². The van der Waals surface area contributed by atoms with E-state index in [0.717, 1.165) is 180 Å². The van der Waals surface area contributed by atoms with E-state index in [0.29, 0.717) is 22.3 Å². The molecule has 0 N–H and O–H groups in total. The summed E-state index contributed by atoms with van der Waals surface area (Å²) >= 11 is 0. The highest BCUT2D eigenvalue weighted by molar-refractivity contribution is 7.48. The van der Waals surface area contributed by atoms with E-state index in [-0.39, 0.29) is 0 Å². The first-order valence-electron chi connectivity index (χ1n) is 33.1. The van der Waals surface area contributed by atoms with Crippen LogP contribution in [0.1, 0.15) is 55.6 Å². The van der Waals surface area contributed by atoms with Gasteiger partial charge in [0.25, 0.3) is 0 Å². The molecule has 16 nitrogen and oxygen atoms in total. The molecule has 21 aromatic carbocycles. The number of allylic oxidation sites excluding steroid dienone is 4. The molecular weight excluding hydrogens is 1220 g/mol. The van der Waals surface area contributed by atoms with E-state index >= 15 is 33.3 Å². The predicted octanol–water partition coefficient (Wildman–Crippen LogP) is 11.7. The molecule has 1 saturated heterocycles. The maximum atomic E-state index is 17.9. The Labute approximate surface area is 519 Å². The largest absolute Gasteiger partial charge is 0.475 e. The summed E-state index contributed by atoms with van der Waals surface area (Å²) in [6, 6.07) is 0. The summed E-state index contributed by atoms with van der Waals surface area (Å²) in [6.07, 6.45) is 0. The number of ether oxygens (including phenoxy) is 6. The van der Waals surface area contributed by atoms with Crippen molar-refractivity contribution >= 4 is 270 Å². The van der Waals surface area contributed by atoms with Crippen LogP contribution < -0.4 is 0 Å². The lowest BCUT2D eigenvalue weighted by molar-refractivity contribution is -0.167. The maximum Gasteiger partial charge on any atom is 0.475 e. The first kappa shape index (κ1) is 41.6. The molecule has 434 valence electrons. The van der Waals surface area contributed by atoms with Crippen molar-refractivity contribution in [3.05, 3.63) is 66.8 Å². The maximum absolute atomic E-state index is 17.9. The molecule has 16 aliphatic rings. The molecule has 6 spiro atoms. The molecule has 14 aliphatic carbocycles. The molecule has 0 aromatic heterocycles. The zero-order valence-corrected chi connectivity index (χ0v) is 49.6. The number of phosphoric ester groups is 1. The molecule has 17 heteroatoms. The van der Waals surface area contributed by atoms with Gasteiger partial charge < -0.3 is 28.4 Å². The molecule has 2 heterocycles. The number of methoxy groups -OCH3 is 3. The van der Waals surface area contributed by atoms with Gasteiger partial charge in [-0.15, -0.1) is 0 Å². The molecule has 2 aliphatic heterocycles. The molecule has 3 saturated carbocycles. The number of esters is 6. The quantitative estimate of drug-likeness (QED) is 0.0531. The Morgan fingerprint density at radius 3 is 0.926 bits per heavy atom. The highest BCUT2D eigenvalue weighted by Gasteiger charge is 3.15. The lowest BCUT2D eigenvalue weighted by Gasteiger charge is -2.41. The van der Waals surface area contributed by atoms with E-state index in [1.165, 1.54) is 113 Å². The van der Waals surface area contributed by atoms with Crippen molar-refractivity contribution in [3.8, 4) is 0 Å². The van der Waals surface area contributed by atoms with Crippen LogP contribution in [0.3, 0.4) is 0 Å². The van der Waals surface area contributed by atoms with Gasteiger partial charge in [0.05, 0.1) is 73.6 Å². The minimum absolute atomic E-state index is 0.509. The summed E-state index contributed by atoms with van der Waals surface area (Å²) in [4.78, 5) is 106. The lowest BCUT2D eigenvalue weighted by Crippen LogP contribution is -2.41. The number of carbonyl (C=O) groups is 6. The smallest absolute Gasteiger partial charge is 0.468 e. The summed E-state index contributed by atoms with van der Waals surface area (Å²) in [6.45, 7) is -3.19.